The molecular weight excluding hydrogens is 301 g/mol. The molecule has 0 aliphatic carbocycles. The van der Waals surface area contributed by atoms with E-state index in [0.717, 1.165) is 21.9 Å². The van der Waals surface area contributed by atoms with E-state index in [1.807, 2.05) is 31.3 Å². The van der Waals surface area contributed by atoms with Crippen molar-refractivity contribution in [1.29, 1.82) is 0 Å². The van der Waals surface area contributed by atoms with Crippen LogP contribution in [0.4, 0.5) is 0 Å². The summed E-state index contributed by atoms with van der Waals surface area (Å²) in [5, 5.41) is 2.18. The smallest absolute Gasteiger partial charge is 0.494 e. The number of hydrogen-bond donors (Lipinski definition) is 0. The summed E-state index contributed by atoms with van der Waals surface area (Å²) in [6, 6.07) is 8.22. The molecule has 24 heavy (non-hydrogen) atoms. The number of pyridine rings is 1. The fourth-order valence-electron chi connectivity index (χ4n) is 2.69. The third-order valence-electron chi connectivity index (χ3n) is 4.83. The lowest BCUT2D eigenvalue weighted by atomic mass is 9.78. The van der Waals surface area contributed by atoms with E-state index in [-0.39, 0.29) is 18.3 Å². The van der Waals surface area contributed by atoms with Gasteiger partial charge in [-0.2, -0.15) is 0 Å². The Bertz CT molecular complexity index is 754. The minimum Gasteiger partial charge on any atom is -0.501 e. The zero-order valence-corrected chi connectivity index (χ0v) is 15.0. The number of fused-ring (bicyclic) bond motifs is 1. The Kier molecular flexibility index (Phi) is 4.41. The van der Waals surface area contributed by atoms with E-state index in [4.69, 9.17) is 14.0 Å². The lowest BCUT2D eigenvalue weighted by molar-refractivity contribution is 0.00578. The summed E-state index contributed by atoms with van der Waals surface area (Å²) in [4.78, 5) is 4.42. The highest BCUT2D eigenvalue weighted by molar-refractivity contribution is 6.62. The normalized spacial score (nSPS) is 19.3. The fourth-order valence-corrected chi connectivity index (χ4v) is 2.69. The summed E-state index contributed by atoms with van der Waals surface area (Å²) in [5.74, 6) is 0. The van der Waals surface area contributed by atoms with Crippen molar-refractivity contribution in [3.63, 3.8) is 0 Å². The van der Waals surface area contributed by atoms with Crippen LogP contribution in [0.2, 0.25) is 0 Å². The first-order chi connectivity index (χ1) is 11.3. The summed E-state index contributed by atoms with van der Waals surface area (Å²) in [6.45, 7) is 10.9. The van der Waals surface area contributed by atoms with Crippen molar-refractivity contribution in [2.75, 3.05) is 6.61 Å². The van der Waals surface area contributed by atoms with Crippen molar-refractivity contribution >= 4 is 29.4 Å². The Morgan fingerprint density at radius 2 is 1.83 bits per heavy atom. The summed E-state index contributed by atoms with van der Waals surface area (Å²) < 4.78 is 17.6. The molecule has 1 aliphatic rings. The molecule has 1 saturated heterocycles. The minimum atomic E-state index is -0.352. The van der Waals surface area contributed by atoms with E-state index in [0.29, 0.717) is 6.61 Å². The van der Waals surface area contributed by atoms with Gasteiger partial charge in [0.15, 0.2) is 0 Å². The van der Waals surface area contributed by atoms with Gasteiger partial charge in [-0.25, -0.2) is 0 Å². The first-order valence-electron chi connectivity index (χ1n) is 8.36. The van der Waals surface area contributed by atoms with Gasteiger partial charge < -0.3 is 14.0 Å². The number of benzene rings is 1. The molecule has 1 fully saturated rings. The van der Waals surface area contributed by atoms with Crippen molar-refractivity contribution in [2.45, 2.75) is 45.8 Å². The van der Waals surface area contributed by atoms with Crippen LogP contribution in [0.3, 0.4) is 0 Å². The molecule has 0 amide bonds. The van der Waals surface area contributed by atoms with E-state index in [2.05, 4.69) is 44.8 Å². The Labute approximate surface area is 144 Å². The number of hydrogen-bond acceptors (Lipinski definition) is 4. The third kappa shape index (κ3) is 3.06. The predicted octanol–water partition coefficient (Wildman–Crippen LogP) is 3.54. The first kappa shape index (κ1) is 17.0. The maximum Gasteiger partial charge on any atom is 0.494 e. The lowest BCUT2D eigenvalue weighted by Crippen LogP contribution is -2.41. The maximum atomic E-state index is 6.14. The molecule has 0 radical (unpaired) electrons. The average Bonchev–Trinajstić information content (AvgIpc) is 2.75. The molecule has 5 heteroatoms. The Morgan fingerprint density at radius 3 is 2.50 bits per heavy atom. The van der Waals surface area contributed by atoms with Crippen LogP contribution in [0.15, 0.2) is 36.7 Å². The minimum absolute atomic E-state index is 0.337. The lowest BCUT2D eigenvalue weighted by Gasteiger charge is -2.32. The molecule has 3 rings (SSSR count). The largest absolute Gasteiger partial charge is 0.501 e. The second-order valence-electron chi connectivity index (χ2n) is 7.02. The van der Waals surface area contributed by atoms with Crippen molar-refractivity contribution in [3.8, 4) is 0 Å². The summed E-state index contributed by atoms with van der Waals surface area (Å²) in [7, 11) is -0.352. The van der Waals surface area contributed by atoms with Gasteiger partial charge in [0.05, 0.1) is 29.8 Å². The highest BCUT2D eigenvalue weighted by Crippen LogP contribution is 2.36. The van der Waals surface area contributed by atoms with Gasteiger partial charge in [0.2, 0.25) is 0 Å². The van der Waals surface area contributed by atoms with Gasteiger partial charge in [-0.15, -0.1) is 0 Å². The molecule has 1 aliphatic heterocycles. The molecule has 0 saturated carbocycles. The standard InChI is InChI=1S/C19H24BNO3/c1-6-22-12-10-17-16-8-7-15(13-14(16)9-11-21-17)20-23-18(2,3)19(4,5)24-20/h7-13H,6H2,1-5H3. The fraction of sp³-hybridized carbons (Fsp3) is 0.421. The average molecular weight is 325 g/mol. The van der Waals surface area contributed by atoms with Crippen LogP contribution in [0.1, 0.15) is 40.3 Å². The van der Waals surface area contributed by atoms with E-state index in [1.165, 1.54) is 0 Å². The van der Waals surface area contributed by atoms with E-state index >= 15 is 0 Å². The van der Waals surface area contributed by atoms with Gasteiger partial charge in [-0.05, 0) is 57.6 Å². The van der Waals surface area contributed by atoms with Gasteiger partial charge in [-0.1, -0.05) is 18.2 Å². The molecule has 0 unspecified atom stereocenters. The Morgan fingerprint density at radius 1 is 1.12 bits per heavy atom. The number of aromatic nitrogens is 1. The van der Waals surface area contributed by atoms with Crippen molar-refractivity contribution in [2.24, 2.45) is 0 Å². The van der Waals surface area contributed by atoms with Crippen molar-refractivity contribution < 1.29 is 14.0 Å². The monoisotopic (exact) mass is 325 g/mol. The SMILES string of the molecule is CCOC=Cc1nccc2cc(B3OC(C)(C)C(C)(C)O3)ccc12. The number of nitrogens with zero attached hydrogens (tertiary/aromatic N) is 1. The number of ether oxygens (including phenoxy) is 1. The Hall–Kier alpha value is -1.85. The molecular formula is C19H24BNO3. The van der Waals surface area contributed by atoms with Gasteiger partial charge in [0.25, 0.3) is 0 Å². The van der Waals surface area contributed by atoms with Gasteiger partial charge in [0, 0.05) is 11.6 Å². The molecule has 1 aromatic heterocycles. The second kappa shape index (κ2) is 6.23. The van der Waals surface area contributed by atoms with Crippen LogP contribution >= 0.6 is 0 Å². The second-order valence-corrected chi connectivity index (χ2v) is 7.02. The van der Waals surface area contributed by atoms with E-state index in [9.17, 15) is 0 Å². The Balaban J connectivity index is 1.93. The maximum absolute atomic E-state index is 6.14. The molecule has 0 bridgehead atoms. The van der Waals surface area contributed by atoms with Crippen LogP contribution in [-0.4, -0.2) is 29.9 Å². The zero-order valence-electron chi connectivity index (χ0n) is 15.0. The predicted molar refractivity (Wildman–Crippen MR) is 98.1 cm³/mol. The molecule has 1 aromatic carbocycles. The van der Waals surface area contributed by atoms with E-state index in [1.54, 1.807) is 6.26 Å². The van der Waals surface area contributed by atoms with Crippen LogP contribution in [0.25, 0.3) is 16.8 Å². The summed E-state index contributed by atoms with van der Waals surface area (Å²) in [6.07, 6.45) is 5.38. The molecule has 4 nitrogen and oxygen atoms in total. The zero-order chi connectivity index (χ0) is 17.4. The van der Waals surface area contributed by atoms with Crippen LogP contribution in [-0.2, 0) is 14.0 Å². The van der Waals surface area contributed by atoms with Crippen LogP contribution < -0.4 is 5.46 Å². The third-order valence-corrected chi connectivity index (χ3v) is 4.83. The summed E-state index contributed by atoms with van der Waals surface area (Å²) in [5.41, 5.74) is 1.24. The van der Waals surface area contributed by atoms with Gasteiger partial charge in [0.1, 0.15) is 0 Å². The van der Waals surface area contributed by atoms with Crippen LogP contribution in [0, 0.1) is 0 Å². The quantitative estimate of drug-likeness (QED) is 0.637. The molecule has 126 valence electrons. The van der Waals surface area contributed by atoms with Crippen molar-refractivity contribution in [3.05, 3.63) is 42.4 Å². The molecule has 0 N–H and O–H groups in total. The highest BCUT2D eigenvalue weighted by Gasteiger charge is 2.51. The summed E-state index contributed by atoms with van der Waals surface area (Å²) >= 11 is 0. The molecule has 0 spiro atoms. The number of rotatable bonds is 4. The van der Waals surface area contributed by atoms with Gasteiger partial charge in [-0.3, -0.25) is 4.98 Å². The van der Waals surface area contributed by atoms with Crippen molar-refractivity contribution in [1.82, 2.24) is 4.98 Å². The first-order valence-corrected chi connectivity index (χ1v) is 8.36. The van der Waals surface area contributed by atoms with Gasteiger partial charge >= 0.3 is 7.12 Å². The highest BCUT2D eigenvalue weighted by atomic mass is 16.7. The van der Waals surface area contributed by atoms with E-state index < -0.39 is 0 Å². The molecule has 0 atom stereocenters. The molecule has 2 heterocycles. The topological polar surface area (TPSA) is 40.6 Å². The molecule has 2 aromatic rings. The van der Waals surface area contributed by atoms with Crippen LogP contribution in [0.5, 0.6) is 0 Å².